The van der Waals surface area contributed by atoms with Crippen LogP contribution >= 0.6 is 0 Å². The summed E-state index contributed by atoms with van der Waals surface area (Å²) in [6.07, 6.45) is 3.74. The van der Waals surface area contributed by atoms with Crippen molar-refractivity contribution in [3.63, 3.8) is 0 Å². The highest BCUT2D eigenvalue weighted by molar-refractivity contribution is 5.86. The number of hydrogen-bond donors (Lipinski definition) is 1. The summed E-state index contributed by atoms with van der Waals surface area (Å²) in [4.78, 5) is 22.7. The molecule has 0 saturated carbocycles. The molecule has 3 aromatic rings. The third-order valence-corrected chi connectivity index (χ3v) is 7.37. The first-order valence-corrected chi connectivity index (χ1v) is 13.4. The van der Waals surface area contributed by atoms with Gasteiger partial charge in [-0.05, 0) is 74.7 Å². The lowest BCUT2D eigenvalue weighted by molar-refractivity contribution is 0.0378. The number of ether oxygens (including phenoxy) is 1. The van der Waals surface area contributed by atoms with Gasteiger partial charge in [0.25, 0.3) is 5.56 Å². The minimum atomic E-state index is -0.416. The van der Waals surface area contributed by atoms with E-state index >= 15 is 0 Å². The Morgan fingerprint density at radius 1 is 1.11 bits per heavy atom. The molecule has 0 amide bonds. The molecule has 2 aromatic carbocycles. The second-order valence-corrected chi connectivity index (χ2v) is 9.66. The topological polar surface area (TPSA) is 62.6 Å². The molecule has 3 heterocycles. The first-order valence-electron chi connectivity index (χ1n) is 13.4. The molecule has 37 heavy (non-hydrogen) atoms. The van der Waals surface area contributed by atoms with Gasteiger partial charge in [0.15, 0.2) is 0 Å². The fourth-order valence-corrected chi connectivity index (χ4v) is 5.23. The molecule has 196 valence electrons. The summed E-state index contributed by atoms with van der Waals surface area (Å²) in [5, 5.41) is 3.53. The van der Waals surface area contributed by atoms with Gasteiger partial charge < -0.3 is 15.0 Å². The number of rotatable bonds is 9. The van der Waals surface area contributed by atoms with Crippen LogP contribution in [0.25, 0.3) is 22.6 Å². The van der Waals surface area contributed by atoms with E-state index in [1.807, 2.05) is 0 Å². The molecule has 1 N–H and O–H groups in total. The normalized spacial score (nSPS) is 16.9. The van der Waals surface area contributed by atoms with Gasteiger partial charge in [0.05, 0.1) is 29.8 Å². The Hall–Kier alpha value is -3.23. The first-order chi connectivity index (χ1) is 18.1. The van der Waals surface area contributed by atoms with Crippen LogP contribution in [0, 0.1) is 5.82 Å². The van der Waals surface area contributed by atoms with E-state index in [-0.39, 0.29) is 5.56 Å². The smallest absolute Gasteiger partial charge is 0.261 e. The lowest BCUT2D eigenvalue weighted by Gasteiger charge is -2.26. The molecule has 8 heteroatoms. The van der Waals surface area contributed by atoms with E-state index in [9.17, 15) is 9.18 Å². The maximum absolute atomic E-state index is 14.9. The Morgan fingerprint density at radius 2 is 1.86 bits per heavy atom. The summed E-state index contributed by atoms with van der Waals surface area (Å²) in [6, 6.07) is 11.5. The van der Waals surface area contributed by atoms with Crippen molar-refractivity contribution in [2.24, 2.45) is 0 Å². The Labute approximate surface area is 217 Å². The Morgan fingerprint density at radius 3 is 2.59 bits per heavy atom. The molecule has 1 fully saturated rings. The predicted octanol–water partition coefficient (Wildman–Crippen LogP) is 4.46. The molecule has 1 saturated heterocycles. The van der Waals surface area contributed by atoms with Crippen LogP contribution < -0.4 is 15.8 Å². The number of nitrogens with zero attached hydrogens (tertiary/aromatic N) is 4. The van der Waals surface area contributed by atoms with Crippen molar-refractivity contribution in [3.05, 3.63) is 64.0 Å². The number of morpholine rings is 1. The van der Waals surface area contributed by atoms with Crippen LogP contribution in [0.2, 0.25) is 0 Å². The molecular weight excluding hydrogens is 469 g/mol. The number of halogens is 1. The fraction of sp³-hybridized carbons (Fsp3) is 0.448. The van der Waals surface area contributed by atoms with Gasteiger partial charge in [-0.3, -0.25) is 14.3 Å². The molecule has 2 aliphatic heterocycles. The van der Waals surface area contributed by atoms with E-state index in [0.717, 1.165) is 69.9 Å². The summed E-state index contributed by atoms with van der Waals surface area (Å²) in [6.45, 7) is 11.8. The van der Waals surface area contributed by atoms with Gasteiger partial charge in [-0.15, -0.1) is 0 Å². The zero-order valence-electron chi connectivity index (χ0n) is 21.8. The summed E-state index contributed by atoms with van der Waals surface area (Å²) in [5.41, 5.74) is 4.04. The van der Waals surface area contributed by atoms with Crippen LogP contribution in [0.15, 0.2) is 41.2 Å². The van der Waals surface area contributed by atoms with Crippen molar-refractivity contribution in [3.8, 4) is 0 Å². The lowest BCUT2D eigenvalue weighted by Crippen LogP contribution is -2.37. The fourth-order valence-electron chi connectivity index (χ4n) is 5.23. The number of anilines is 2. The molecule has 0 unspecified atom stereocenters. The van der Waals surface area contributed by atoms with Crippen molar-refractivity contribution < 1.29 is 9.13 Å². The van der Waals surface area contributed by atoms with E-state index in [1.54, 1.807) is 10.6 Å². The standard InChI is InChI=1S/C29H36FN5O2/c1-3-34(4-2)23-8-6-21(7-9-23)18-22-10-13-35-28(22)32-26-20-27(25(30)19-24(26)29(35)36)31-11-5-12-33-14-16-37-17-15-33/h6-9,18-20,31H,3-5,10-17H2,1-2H3/b22-18+. The number of benzene rings is 2. The number of fused-ring (bicyclic) bond motifs is 2. The van der Waals surface area contributed by atoms with Gasteiger partial charge in [-0.25, -0.2) is 9.37 Å². The van der Waals surface area contributed by atoms with Crippen molar-refractivity contribution in [1.82, 2.24) is 14.5 Å². The molecule has 0 atom stereocenters. The third kappa shape index (κ3) is 5.55. The molecule has 5 rings (SSSR count). The quantitative estimate of drug-likeness (QED) is 0.434. The highest BCUT2D eigenvalue weighted by Crippen LogP contribution is 2.29. The van der Waals surface area contributed by atoms with Crippen LogP contribution in [0.4, 0.5) is 15.8 Å². The zero-order chi connectivity index (χ0) is 25.8. The van der Waals surface area contributed by atoms with E-state index in [1.165, 1.54) is 11.8 Å². The minimum Gasteiger partial charge on any atom is -0.383 e. The summed E-state index contributed by atoms with van der Waals surface area (Å²) >= 11 is 0. The van der Waals surface area contributed by atoms with Crippen LogP contribution in [-0.2, 0) is 11.3 Å². The highest BCUT2D eigenvalue weighted by atomic mass is 19.1. The lowest BCUT2D eigenvalue weighted by atomic mass is 10.1. The van der Waals surface area contributed by atoms with Crippen molar-refractivity contribution in [2.45, 2.75) is 33.2 Å². The summed E-state index contributed by atoms with van der Waals surface area (Å²) in [7, 11) is 0. The molecule has 1 aromatic heterocycles. The number of hydrogen-bond acceptors (Lipinski definition) is 6. The van der Waals surface area contributed by atoms with Crippen molar-refractivity contribution in [1.29, 1.82) is 0 Å². The third-order valence-electron chi connectivity index (χ3n) is 7.37. The van der Waals surface area contributed by atoms with E-state index < -0.39 is 5.82 Å². The summed E-state index contributed by atoms with van der Waals surface area (Å²) < 4.78 is 21.9. The predicted molar refractivity (Wildman–Crippen MR) is 149 cm³/mol. The average molecular weight is 506 g/mol. The van der Waals surface area contributed by atoms with Gasteiger partial charge in [0.2, 0.25) is 0 Å². The highest BCUT2D eigenvalue weighted by Gasteiger charge is 2.22. The number of allylic oxidation sites excluding steroid dienone is 1. The maximum Gasteiger partial charge on any atom is 0.261 e. The van der Waals surface area contributed by atoms with Gasteiger partial charge in [0, 0.05) is 45.0 Å². The van der Waals surface area contributed by atoms with Crippen LogP contribution in [-0.4, -0.2) is 66.9 Å². The molecular formula is C29H36FN5O2. The van der Waals surface area contributed by atoms with E-state index in [4.69, 9.17) is 9.72 Å². The monoisotopic (exact) mass is 505 g/mol. The molecule has 0 radical (unpaired) electrons. The molecule has 7 nitrogen and oxygen atoms in total. The van der Waals surface area contributed by atoms with Crippen LogP contribution in [0.5, 0.6) is 0 Å². The summed E-state index contributed by atoms with van der Waals surface area (Å²) in [5.74, 6) is 0.260. The Bertz CT molecular complexity index is 1320. The second kappa shape index (κ2) is 11.4. The second-order valence-electron chi connectivity index (χ2n) is 9.66. The number of nitrogens with one attached hydrogen (secondary N) is 1. The van der Waals surface area contributed by atoms with Crippen LogP contribution in [0.3, 0.4) is 0 Å². The van der Waals surface area contributed by atoms with E-state index in [2.05, 4.69) is 59.3 Å². The minimum absolute atomic E-state index is 0.182. The van der Waals surface area contributed by atoms with Crippen LogP contribution in [0.1, 0.15) is 38.1 Å². The SMILES string of the molecule is CCN(CC)c1ccc(/C=C2\CCn3c2nc2cc(NCCCN4CCOCC4)c(F)cc2c3=O)cc1. The Balaban J connectivity index is 1.35. The largest absolute Gasteiger partial charge is 0.383 e. The van der Waals surface area contributed by atoms with E-state index in [0.29, 0.717) is 35.5 Å². The number of aromatic nitrogens is 2. The van der Waals surface area contributed by atoms with Crippen molar-refractivity contribution in [2.75, 3.05) is 62.7 Å². The maximum atomic E-state index is 14.9. The molecule has 0 spiro atoms. The first kappa shape index (κ1) is 25.4. The van der Waals surface area contributed by atoms with Gasteiger partial charge in [-0.2, -0.15) is 0 Å². The van der Waals surface area contributed by atoms with Gasteiger partial charge in [-0.1, -0.05) is 12.1 Å². The van der Waals surface area contributed by atoms with Gasteiger partial charge >= 0.3 is 0 Å². The van der Waals surface area contributed by atoms with Crippen molar-refractivity contribution >= 4 is 33.9 Å². The Kier molecular flexibility index (Phi) is 7.86. The molecule has 0 aliphatic carbocycles. The molecule has 2 aliphatic rings. The molecule has 0 bridgehead atoms. The van der Waals surface area contributed by atoms with Gasteiger partial charge in [0.1, 0.15) is 11.6 Å². The zero-order valence-corrected chi connectivity index (χ0v) is 21.8. The average Bonchev–Trinajstić information content (AvgIpc) is 3.32.